The van der Waals surface area contributed by atoms with Gasteiger partial charge in [-0.1, -0.05) is 49.7 Å². The second-order valence-electron chi connectivity index (χ2n) is 7.87. The molecule has 1 amide bonds. The Morgan fingerprint density at radius 3 is 2.29 bits per heavy atom. The molecule has 0 unspecified atom stereocenters. The van der Waals surface area contributed by atoms with Gasteiger partial charge in [0.2, 0.25) is 5.91 Å². The molecule has 1 saturated heterocycles. The van der Waals surface area contributed by atoms with Gasteiger partial charge in [-0.25, -0.2) is 0 Å². The summed E-state index contributed by atoms with van der Waals surface area (Å²) in [5.41, 5.74) is 2.29. The number of halogens is 1. The quantitative estimate of drug-likeness (QED) is 0.670. The van der Waals surface area contributed by atoms with Crippen LogP contribution in [-0.2, 0) is 11.2 Å². The molecule has 0 aliphatic carbocycles. The molecule has 0 radical (unpaired) electrons. The summed E-state index contributed by atoms with van der Waals surface area (Å²) < 4.78 is 5.23. The topological polar surface area (TPSA) is 32.8 Å². The van der Waals surface area contributed by atoms with E-state index in [1.54, 1.807) is 7.11 Å². The Kier molecular flexibility index (Phi) is 6.63. The van der Waals surface area contributed by atoms with E-state index in [9.17, 15) is 4.79 Å². The normalized spacial score (nSPS) is 20.2. The monoisotopic (exact) mass is 400 g/mol. The summed E-state index contributed by atoms with van der Waals surface area (Å²) in [4.78, 5) is 17.5. The fraction of sp³-hybridized carbons (Fsp3) is 0.435. The summed E-state index contributed by atoms with van der Waals surface area (Å²) in [5, 5.41) is 0.708. The van der Waals surface area contributed by atoms with Gasteiger partial charge in [0.25, 0.3) is 0 Å². The molecule has 2 aromatic carbocycles. The average molecular weight is 401 g/mol. The highest BCUT2D eigenvalue weighted by Gasteiger charge is 2.44. The van der Waals surface area contributed by atoms with E-state index in [0.717, 1.165) is 24.2 Å². The van der Waals surface area contributed by atoms with E-state index >= 15 is 0 Å². The number of carbonyl (C=O) groups excluding carboxylic acids is 1. The third kappa shape index (κ3) is 4.50. The van der Waals surface area contributed by atoms with Crippen molar-refractivity contribution in [1.29, 1.82) is 0 Å². The number of nitrogens with zero attached hydrogens (tertiary/aromatic N) is 2. The first-order valence-corrected chi connectivity index (χ1v) is 10.2. The number of likely N-dealkylation sites (N-methyl/N-ethyl adjacent to an activating group) is 1. The molecule has 1 heterocycles. The van der Waals surface area contributed by atoms with E-state index in [4.69, 9.17) is 16.3 Å². The predicted molar refractivity (Wildman–Crippen MR) is 114 cm³/mol. The summed E-state index contributed by atoms with van der Waals surface area (Å²) in [6, 6.07) is 15.8. The van der Waals surface area contributed by atoms with Crippen molar-refractivity contribution in [2.45, 2.75) is 38.9 Å². The van der Waals surface area contributed by atoms with Crippen LogP contribution >= 0.6 is 11.6 Å². The molecule has 0 aromatic heterocycles. The highest BCUT2D eigenvalue weighted by atomic mass is 35.5. The lowest BCUT2D eigenvalue weighted by Gasteiger charge is -2.29. The second-order valence-corrected chi connectivity index (χ2v) is 8.30. The Labute approximate surface area is 173 Å². The molecular weight excluding hydrogens is 372 g/mol. The lowest BCUT2D eigenvalue weighted by Crippen LogP contribution is -2.33. The maximum absolute atomic E-state index is 13.3. The molecule has 2 aromatic rings. The molecule has 1 aliphatic rings. The van der Waals surface area contributed by atoms with Gasteiger partial charge in [-0.05, 0) is 61.2 Å². The molecule has 150 valence electrons. The van der Waals surface area contributed by atoms with Gasteiger partial charge < -0.3 is 9.64 Å². The molecule has 0 bridgehead atoms. The van der Waals surface area contributed by atoms with Crippen molar-refractivity contribution in [3.63, 3.8) is 0 Å². The van der Waals surface area contributed by atoms with Crippen LogP contribution in [-0.4, -0.2) is 42.5 Å². The zero-order valence-corrected chi connectivity index (χ0v) is 17.8. The van der Waals surface area contributed by atoms with Crippen LogP contribution in [0.3, 0.4) is 0 Å². The molecule has 0 N–H and O–H groups in total. The molecule has 0 spiro atoms. The van der Waals surface area contributed by atoms with Crippen LogP contribution in [0.2, 0.25) is 5.02 Å². The summed E-state index contributed by atoms with van der Waals surface area (Å²) in [5.74, 6) is 1.52. The van der Waals surface area contributed by atoms with Gasteiger partial charge in [0.1, 0.15) is 11.9 Å². The Bertz CT molecular complexity index is 789. The summed E-state index contributed by atoms with van der Waals surface area (Å²) >= 11 is 6.08. The van der Waals surface area contributed by atoms with Crippen LogP contribution in [0.4, 0.5) is 0 Å². The van der Waals surface area contributed by atoms with E-state index in [0.29, 0.717) is 17.5 Å². The van der Waals surface area contributed by atoms with Crippen LogP contribution in [0.5, 0.6) is 5.75 Å². The predicted octanol–water partition coefficient (Wildman–Crippen LogP) is 4.78. The van der Waals surface area contributed by atoms with Crippen LogP contribution in [0, 0.1) is 5.92 Å². The highest BCUT2D eigenvalue weighted by molar-refractivity contribution is 6.30. The maximum atomic E-state index is 13.3. The van der Waals surface area contributed by atoms with Crippen molar-refractivity contribution in [2.75, 3.05) is 20.7 Å². The highest BCUT2D eigenvalue weighted by Crippen LogP contribution is 2.36. The first kappa shape index (κ1) is 20.7. The van der Waals surface area contributed by atoms with Gasteiger partial charge in [0.15, 0.2) is 0 Å². The lowest BCUT2D eigenvalue weighted by atomic mass is 10.0. The van der Waals surface area contributed by atoms with Crippen LogP contribution in [0.1, 0.15) is 37.6 Å². The van der Waals surface area contributed by atoms with Crippen molar-refractivity contribution in [3.05, 3.63) is 64.7 Å². The van der Waals surface area contributed by atoms with Crippen molar-refractivity contribution < 1.29 is 9.53 Å². The molecule has 28 heavy (non-hydrogen) atoms. The van der Waals surface area contributed by atoms with Gasteiger partial charge in [-0.3, -0.25) is 9.69 Å². The van der Waals surface area contributed by atoms with Gasteiger partial charge in [0, 0.05) is 11.6 Å². The van der Waals surface area contributed by atoms with Gasteiger partial charge in [-0.15, -0.1) is 0 Å². The Morgan fingerprint density at radius 2 is 1.71 bits per heavy atom. The second kappa shape index (κ2) is 8.97. The molecule has 0 saturated carbocycles. The van der Waals surface area contributed by atoms with Gasteiger partial charge in [-0.2, -0.15) is 0 Å². The number of hydrogen-bond donors (Lipinski definition) is 0. The number of carbonyl (C=O) groups is 1. The van der Waals surface area contributed by atoms with Crippen molar-refractivity contribution in [1.82, 2.24) is 9.80 Å². The molecule has 1 aliphatic heterocycles. The Balaban J connectivity index is 1.82. The summed E-state index contributed by atoms with van der Waals surface area (Å²) in [6.45, 7) is 5.01. The van der Waals surface area contributed by atoms with Crippen LogP contribution < -0.4 is 4.74 Å². The fourth-order valence-corrected chi connectivity index (χ4v) is 4.04. The smallest absolute Gasteiger partial charge is 0.241 e. The number of methoxy groups -OCH3 is 1. The van der Waals surface area contributed by atoms with Crippen molar-refractivity contribution in [2.24, 2.45) is 5.92 Å². The maximum Gasteiger partial charge on any atom is 0.241 e. The SMILES string of the molecule is COc1ccc(CCN2C(=O)[C@H](CC(C)C)N(C)[C@@H]2c2ccc(Cl)cc2)cc1. The van der Waals surface area contributed by atoms with E-state index < -0.39 is 0 Å². The zero-order chi connectivity index (χ0) is 20.3. The Morgan fingerprint density at radius 1 is 1.07 bits per heavy atom. The summed E-state index contributed by atoms with van der Waals surface area (Å²) in [6.07, 6.45) is 1.60. The third-order valence-electron chi connectivity index (χ3n) is 5.40. The Hall–Kier alpha value is -2.04. The largest absolute Gasteiger partial charge is 0.497 e. The van der Waals surface area contributed by atoms with Crippen molar-refractivity contribution >= 4 is 17.5 Å². The van der Waals surface area contributed by atoms with Gasteiger partial charge in [0.05, 0.1) is 13.2 Å². The van der Waals surface area contributed by atoms with Crippen LogP contribution in [0.25, 0.3) is 0 Å². The number of rotatable bonds is 7. The van der Waals surface area contributed by atoms with E-state index in [2.05, 4.69) is 37.9 Å². The van der Waals surface area contributed by atoms with E-state index in [1.807, 2.05) is 41.3 Å². The minimum Gasteiger partial charge on any atom is -0.497 e. The molecule has 4 nitrogen and oxygen atoms in total. The van der Waals surface area contributed by atoms with E-state index in [1.165, 1.54) is 5.56 Å². The lowest BCUT2D eigenvalue weighted by molar-refractivity contribution is -0.130. The van der Waals surface area contributed by atoms with Crippen molar-refractivity contribution in [3.8, 4) is 5.75 Å². The zero-order valence-electron chi connectivity index (χ0n) is 17.1. The molecule has 2 atom stereocenters. The number of ether oxygens (including phenoxy) is 1. The number of hydrogen-bond acceptors (Lipinski definition) is 3. The molecule has 3 rings (SSSR count). The first-order valence-electron chi connectivity index (χ1n) is 9.81. The minimum absolute atomic E-state index is 0.0632. The standard InChI is InChI=1S/C23H29ClN2O2/c1-16(2)15-21-23(27)26(14-13-17-5-11-20(28-4)12-6-17)22(25(21)3)18-7-9-19(24)10-8-18/h5-12,16,21-22H,13-15H2,1-4H3/t21-,22-/m0/s1. The number of amides is 1. The first-order chi connectivity index (χ1) is 13.4. The third-order valence-corrected chi connectivity index (χ3v) is 5.66. The minimum atomic E-state index is -0.0865. The molecule has 5 heteroatoms. The average Bonchev–Trinajstić information content (AvgIpc) is 2.91. The molecular formula is C23H29ClN2O2. The summed E-state index contributed by atoms with van der Waals surface area (Å²) in [7, 11) is 3.72. The van der Waals surface area contributed by atoms with Gasteiger partial charge >= 0.3 is 0 Å². The molecule has 1 fully saturated rings. The van der Waals surface area contributed by atoms with E-state index in [-0.39, 0.29) is 18.1 Å². The van der Waals surface area contributed by atoms with Crippen LogP contribution in [0.15, 0.2) is 48.5 Å². The number of benzene rings is 2. The fourth-order valence-electron chi connectivity index (χ4n) is 3.91.